The van der Waals surface area contributed by atoms with Gasteiger partial charge in [-0.25, -0.2) is 0 Å². The third-order valence-corrected chi connectivity index (χ3v) is 4.37. The summed E-state index contributed by atoms with van der Waals surface area (Å²) >= 11 is 0. The monoisotopic (exact) mass is 264 g/mol. The van der Waals surface area contributed by atoms with Crippen molar-refractivity contribution in [3.63, 3.8) is 0 Å². The number of benzene rings is 1. The Hall–Kier alpha value is -0.773. The molecule has 1 aromatic carbocycles. The molecular formula is C8H12O6SSi. The molecule has 0 aliphatic heterocycles. The van der Waals surface area contributed by atoms with Crippen LogP contribution >= 0.6 is 0 Å². The predicted octanol–water partition coefficient (Wildman–Crippen LogP) is -0.415. The molecule has 1 aromatic rings. The van der Waals surface area contributed by atoms with Gasteiger partial charge < -0.3 is 14.0 Å². The molecule has 8 heteroatoms. The van der Waals surface area contributed by atoms with Crippen LogP contribution in [0.4, 0.5) is 0 Å². The highest BCUT2D eigenvalue weighted by Crippen LogP contribution is 2.13. The maximum atomic E-state index is 10.7. The van der Waals surface area contributed by atoms with Crippen LogP contribution in [0.25, 0.3) is 0 Å². The van der Waals surface area contributed by atoms with Gasteiger partial charge in [0.25, 0.3) is 10.1 Å². The average molecular weight is 264 g/mol. The van der Waals surface area contributed by atoms with Gasteiger partial charge in [0, 0.05) is 13.2 Å². The lowest BCUT2D eigenvalue weighted by atomic mass is 10.2. The van der Waals surface area contributed by atoms with E-state index in [0.29, 0.717) is 5.56 Å². The van der Waals surface area contributed by atoms with E-state index in [1.807, 2.05) is 0 Å². The van der Waals surface area contributed by atoms with Gasteiger partial charge in [0.1, 0.15) is 0 Å². The first-order chi connectivity index (χ1) is 7.24. The van der Waals surface area contributed by atoms with Crippen molar-refractivity contribution in [1.82, 2.24) is 0 Å². The van der Waals surface area contributed by atoms with Crippen LogP contribution in [0.3, 0.4) is 0 Å². The van der Waals surface area contributed by atoms with E-state index in [4.69, 9.17) is 4.55 Å². The van der Waals surface area contributed by atoms with Gasteiger partial charge in [-0.1, -0.05) is 12.1 Å². The highest BCUT2D eigenvalue weighted by atomic mass is 32.2. The normalized spacial score (nSPS) is 12.8. The van der Waals surface area contributed by atoms with Crippen molar-refractivity contribution < 1.29 is 27.0 Å². The number of hydrogen-bond acceptors (Lipinski definition) is 5. The van der Waals surface area contributed by atoms with Crippen LogP contribution in [-0.4, -0.2) is 38.5 Å². The lowest BCUT2D eigenvalue weighted by molar-refractivity contribution is 0.184. The van der Waals surface area contributed by atoms with Crippen LogP contribution in [0.15, 0.2) is 29.2 Å². The van der Waals surface area contributed by atoms with Gasteiger partial charge in [-0.15, -0.1) is 0 Å². The molecule has 0 radical (unpaired) electrons. The molecule has 6 nitrogen and oxygen atoms in total. The summed E-state index contributed by atoms with van der Waals surface area (Å²) in [5, 5.41) is 0. The van der Waals surface area contributed by atoms with Gasteiger partial charge in [0.2, 0.25) is 0 Å². The van der Waals surface area contributed by atoms with E-state index in [0.717, 1.165) is 0 Å². The van der Waals surface area contributed by atoms with Gasteiger partial charge in [-0.3, -0.25) is 4.55 Å². The molecule has 0 unspecified atom stereocenters. The summed E-state index contributed by atoms with van der Waals surface area (Å²) in [6.45, 7) is 0. The lowest BCUT2D eigenvalue weighted by Crippen LogP contribution is -2.40. The Morgan fingerprint density at radius 3 is 2.12 bits per heavy atom. The van der Waals surface area contributed by atoms with Crippen molar-refractivity contribution in [1.29, 1.82) is 0 Å². The molecule has 0 atom stereocenters. The smallest absolute Gasteiger partial charge is 0.390 e. The second-order valence-corrected chi connectivity index (χ2v) is 6.91. The fraction of sp³-hybridized carbons (Fsp3) is 0.250. The minimum Gasteiger partial charge on any atom is -0.390 e. The van der Waals surface area contributed by atoms with Gasteiger partial charge in [0.15, 0.2) is 0 Å². The van der Waals surface area contributed by atoms with Crippen molar-refractivity contribution in [3.05, 3.63) is 29.8 Å². The Labute approximate surface area is 94.2 Å². The van der Waals surface area contributed by atoms with E-state index in [1.165, 1.54) is 31.4 Å². The van der Waals surface area contributed by atoms with E-state index < -0.39 is 18.9 Å². The van der Waals surface area contributed by atoms with Gasteiger partial charge in [-0.2, -0.15) is 8.42 Å². The van der Waals surface area contributed by atoms with Gasteiger partial charge >= 0.3 is 8.80 Å². The molecule has 0 saturated heterocycles. The van der Waals surface area contributed by atoms with Gasteiger partial charge in [-0.05, 0) is 17.7 Å². The van der Waals surface area contributed by atoms with E-state index in [9.17, 15) is 18.0 Å². The van der Waals surface area contributed by atoms with E-state index in [2.05, 4.69) is 4.43 Å². The summed E-state index contributed by atoms with van der Waals surface area (Å²) in [6, 6.07) is 5.07. The first-order valence-corrected chi connectivity index (χ1v) is 7.76. The summed E-state index contributed by atoms with van der Waals surface area (Å²) in [7, 11) is -6.71. The minimum absolute atomic E-state index is 0.0742. The minimum atomic E-state index is -4.21. The first kappa shape index (κ1) is 13.3. The molecule has 0 aromatic heterocycles. The second kappa shape index (κ2) is 4.61. The van der Waals surface area contributed by atoms with Crippen LogP contribution in [-0.2, 0) is 20.6 Å². The highest BCUT2D eigenvalue weighted by molar-refractivity contribution is 7.85. The Kier molecular flexibility index (Phi) is 3.83. The quantitative estimate of drug-likeness (QED) is 0.504. The largest absolute Gasteiger partial charge is 0.499 e. The molecule has 1 rings (SSSR count). The van der Waals surface area contributed by atoms with Crippen molar-refractivity contribution in [2.24, 2.45) is 0 Å². The summed E-state index contributed by atoms with van der Waals surface area (Å²) in [4.78, 5) is 18.4. The van der Waals surface area contributed by atoms with Crippen LogP contribution < -0.4 is 0 Å². The third kappa shape index (κ3) is 3.67. The average Bonchev–Trinajstić information content (AvgIpc) is 2.16. The predicted molar refractivity (Wildman–Crippen MR) is 57.2 cm³/mol. The second-order valence-electron chi connectivity index (χ2n) is 3.24. The molecule has 0 spiro atoms. The van der Waals surface area contributed by atoms with E-state index >= 15 is 0 Å². The molecule has 16 heavy (non-hydrogen) atoms. The molecule has 0 bridgehead atoms. The standard InChI is InChI=1S/C8H12O6SSi/c1-14-16(12,13)6-7-2-4-8(5-3-7)15(9,10)11/h2-5,12-13H,6H2,1H3,(H,9,10,11). The Morgan fingerprint density at radius 2 is 1.75 bits per heavy atom. The topological polar surface area (TPSA) is 104 Å². The lowest BCUT2D eigenvalue weighted by Gasteiger charge is -2.14. The van der Waals surface area contributed by atoms with E-state index in [1.54, 1.807) is 0 Å². The van der Waals surface area contributed by atoms with Crippen molar-refractivity contribution in [2.75, 3.05) is 7.11 Å². The SMILES string of the molecule is CO[Si](O)(O)Cc1ccc(S(=O)(=O)O)cc1. The maximum Gasteiger partial charge on any atom is 0.499 e. The van der Waals surface area contributed by atoms with Gasteiger partial charge in [0.05, 0.1) is 4.90 Å². The third-order valence-electron chi connectivity index (χ3n) is 1.98. The summed E-state index contributed by atoms with van der Waals surface area (Å²) in [5.41, 5.74) is 0.519. The number of hydrogen-bond donors (Lipinski definition) is 3. The zero-order valence-electron chi connectivity index (χ0n) is 8.49. The summed E-state index contributed by atoms with van der Waals surface area (Å²) in [6.07, 6.45) is 0. The molecule has 0 saturated carbocycles. The van der Waals surface area contributed by atoms with Crippen molar-refractivity contribution >= 4 is 18.9 Å². The fourth-order valence-corrected chi connectivity index (χ4v) is 2.51. The zero-order chi connectivity index (χ0) is 12.4. The fourth-order valence-electron chi connectivity index (χ4n) is 1.12. The van der Waals surface area contributed by atoms with Crippen molar-refractivity contribution in [3.8, 4) is 0 Å². The van der Waals surface area contributed by atoms with Crippen molar-refractivity contribution in [2.45, 2.75) is 10.9 Å². The Bertz CT molecular complexity index is 452. The van der Waals surface area contributed by atoms with Crippen LogP contribution in [0, 0.1) is 0 Å². The van der Waals surface area contributed by atoms with Crippen LogP contribution in [0.2, 0.25) is 0 Å². The molecule has 0 aliphatic carbocycles. The summed E-state index contributed by atoms with van der Waals surface area (Å²) in [5.74, 6) is 0. The molecule has 3 N–H and O–H groups in total. The number of rotatable bonds is 4. The molecule has 0 amide bonds. The zero-order valence-corrected chi connectivity index (χ0v) is 10.3. The molecule has 0 fully saturated rings. The van der Waals surface area contributed by atoms with E-state index in [-0.39, 0.29) is 10.9 Å². The Morgan fingerprint density at radius 1 is 1.25 bits per heavy atom. The molecule has 0 aliphatic rings. The maximum absolute atomic E-state index is 10.7. The first-order valence-electron chi connectivity index (χ1n) is 4.31. The highest BCUT2D eigenvalue weighted by Gasteiger charge is 2.30. The summed E-state index contributed by atoms with van der Waals surface area (Å²) < 4.78 is 34.7. The molecule has 90 valence electrons. The van der Waals surface area contributed by atoms with Crippen LogP contribution in [0.5, 0.6) is 0 Å². The van der Waals surface area contributed by atoms with Crippen LogP contribution in [0.1, 0.15) is 5.56 Å². The molecule has 0 heterocycles. The molecular weight excluding hydrogens is 252 g/mol. The Balaban J connectivity index is 2.89.